The van der Waals surface area contributed by atoms with E-state index in [1.54, 1.807) is 12.1 Å². The van der Waals surface area contributed by atoms with E-state index in [1.165, 1.54) is 12.1 Å². The lowest BCUT2D eigenvalue weighted by Gasteiger charge is -2.36. The summed E-state index contributed by atoms with van der Waals surface area (Å²) in [6, 6.07) is 5.63. The molecule has 0 aromatic heterocycles. The van der Waals surface area contributed by atoms with Crippen LogP contribution >= 0.6 is 0 Å². The van der Waals surface area contributed by atoms with Gasteiger partial charge in [-0.3, -0.25) is 5.21 Å². The first-order chi connectivity index (χ1) is 8.06. The second kappa shape index (κ2) is 4.71. The maximum Gasteiger partial charge on any atom is 0.338 e. The molecule has 4 nitrogen and oxygen atoms in total. The van der Waals surface area contributed by atoms with Crippen molar-refractivity contribution in [2.75, 3.05) is 6.54 Å². The maximum atomic E-state index is 12.7. The van der Waals surface area contributed by atoms with E-state index < -0.39 is 6.03 Å². The number of amides is 2. The Morgan fingerprint density at radius 1 is 1.41 bits per heavy atom. The van der Waals surface area contributed by atoms with Gasteiger partial charge in [-0.25, -0.2) is 14.2 Å². The van der Waals surface area contributed by atoms with Gasteiger partial charge in [0, 0.05) is 0 Å². The summed E-state index contributed by atoms with van der Waals surface area (Å²) in [5.41, 5.74) is 6.02. The molecule has 0 aliphatic heterocycles. The molecule has 5 heteroatoms. The minimum atomic E-state index is -0.824. The number of nitrogens with zero attached hydrogens (tertiary/aromatic N) is 1. The summed E-state index contributed by atoms with van der Waals surface area (Å²) < 4.78 is 12.7. The zero-order chi connectivity index (χ0) is 12.4. The van der Waals surface area contributed by atoms with E-state index in [0.29, 0.717) is 11.0 Å². The highest BCUT2D eigenvalue weighted by atomic mass is 19.1. The molecule has 1 aliphatic carbocycles. The fourth-order valence-electron chi connectivity index (χ4n) is 2.23. The molecule has 1 aromatic carbocycles. The first-order valence-electron chi connectivity index (χ1n) is 5.57. The van der Waals surface area contributed by atoms with Gasteiger partial charge in [-0.2, -0.15) is 0 Å². The molecular formula is C12H15FN2O2. The molecule has 0 bridgehead atoms. The molecule has 17 heavy (non-hydrogen) atoms. The standard InChI is InChI=1S/C12H15FN2O2/c13-11-3-1-9(2-4-11)10-5-8(6-10)7-15(17)12(14)16/h1-4,8,10,17H,5-7H2,(H2,14,16). The molecule has 2 amide bonds. The van der Waals surface area contributed by atoms with E-state index in [2.05, 4.69) is 0 Å². The third kappa shape index (κ3) is 2.74. The number of benzene rings is 1. The number of hydrogen-bond donors (Lipinski definition) is 2. The van der Waals surface area contributed by atoms with Crippen LogP contribution in [0.5, 0.6) is 0 Å². The molecule has 0 radical (unpaired) electrons. The Balaban J connectivity index is 1.83. The van der Waals surface area contributed by atoms with Crippen molar-refractivity contribution in [3.63, 3.8) is 0 Å². The van der Waals surface area contributed by atoms with Gasteiger partial charge in [0.15, 0.2) is 0 Å². The molecule has 1 fully saturated rings. The Morgan fingerprint density at radius 2 is 2.00 bits per heavy atom. The lowest BCUT2D eigenvalue weighted by Crippen LogP contribution is -2.39. The summed E-state index contributed by atoms with van der Waals surface area (Å²) in [6.07, 6.45) is 1.77. The number of hydroxylamine groups is 2. The number of urea groups is 1. The van der Waals surface area contributed by atoms with Crippen LogP contribution in [0.3, 0.4) is 0 Å². The van der Waals surface area contributed by atoms with Crippen LogP contribution < -0.4 is 5.73 Å². The van der Waals surface area contributed by atoms with Crippen LogP contribution in [0.1, 0.15) is 24.3 Å². The van der Waals surface area contributed by atoms with Gasteiger partial charge in [-0.15, -0.1) is 0 Å². The molecule has 0 saturated heterocycles. The van der Waals surface area contributed by atoms with Gasteiger partial charge in [-0.1, -0.05) is 12.1 Å². The van der Waals surface area contributed by atoms with Crippen molar-refractivity contribution in [2.24, 2.45) is 11.7 Å². The van der Waals surface area contributed by atoms with Crippen molar-refractivity contribution in [3.8, 4) is 0 Å². The molecule has 2 rings (SSSR count). The summed E-state index contributed by atoms with van der Waals surface area (Å²) in [5.74, 6) is 0.421. The van der Waals surface area contributed by atoms with Crippen LogP contribution in [-0.4, -0.2) is 22.8 Å². The number of halogens is 1. The first kappa shape index (κ1) is 11.9. The van der Waals surface area contributed by atoms with Gasteiger partial charge in [0.05, 0.1) is 6.54 Å². The molecule has 3 N–H and O–H groups in total. The third-order valence-corrected chi connectivity index (χ3v) is 3.26. The molecule has 1 aliphatic rings. The summed E-state index contributed by atoms with van der Waals surface area (Å²) in [7, 11) is 0. The van der Waals surface area contributed by atoms with E-state index in [-0.39, 0.29) is 18.3 Å². The second-order valence-electron chi connectivity index (χ2n) is 4.51. The summed E-state index contributed by atoms with van der Waals surface area (Å²) in [5, 5.41) is 9.71. The third-order valence-electron chi connectivity index (χ3n) is 3.26. The van der Waals surface area contributed by atoms with Crippen LogP contribution in [0.15, 0.2) is 24.3 Å². The van der Waals surface area contributed by atoms with Crippen LogP contribution in [0.2, 0.25) is 0 Å². The summed E-state index contributed by atoms with van der Waals surface area (Å²) in [4.78, 5) is 10.6. The lowest BCUT2D eigenvalue weighted by molar-refractivity contribution is -0.0604. The fourth-order valence-corrected chi connectivity index (χ4v) is 2.23. The number of rotatable bonds is 3. The number of nitrogens with two attached hydrogens (primary N) is 1. The highest BCUT2D eigenvalue weighted by molar-refractivity contribution is 5.70. The van der Waals surface area contributed by atoms with Crippen LogP contribution in [0.25, 0.3) is 0 Å². The van der Waals surface area contributed by atoms with Crippen LogP contribution in [-0.2, 0) is 0 Å². The number of carbonyl (C=O) groups excluding carboxylic acids is 1. The van der Waals surface area contributed by atoms with Gasteiger partial charge in [0.1, 0.15) is 5.82 Å². The average Bonchev–Trinajstić information content (AvgIpc) is 2.24. The van der Waals surface area contributed by atoms with Crippen molar-refractivity contribution in [2.45, 2.75) is 18.8 Å². The zero-order valence-electron chi connectivity index (χ0n) is 9.34. The van der Waals surface area contributed by atoms with Gasteiger partial charge in [-0.05, 0) is 42.4 Å². The number of carbonyl (C=O) groups is 1. The van der Waals surface area contributed by atoms with Gasteiger partial charge in [0.25, 0.3) is 0 Å². The molecule has 0 spiro atoms. The first-order valence-corrected chi connectivity index (χ1v) is 5.57. The SMILES string of the molecule is NC(=O)N(O)CC1CC(c2ccc(F)cc2)C1. The molecule has 0 atom stereocenters. The van der Waals surface area contributed by atoms with E-state index in [9.17, 15) is 9.18 Å². The Bertz CT molecular complexity index is 401. The van der Waals surface area contributed by atoms with E-state index in [1.807, 2.05) is 0 Å². The van der Waals surface area contributed by atoms with E-state index in [0.717, 1.165) is 18.4 Å². The van der Waals surface area contributed by atoms with Crippen molar-refractivity contribution in [1.29, 1.82) is 0 Å². The van der Waals surface area contributed by atoms with Gasteiger partial charge in [0.2, 0.25) is 0 Å². The average molecular weight is 238 g/mol. The molecule has 1 saturated carbocycles. The monoisotopic (exact) mass is 238 g/mol. The van der Waals surface area contributed by atoms with E-state index >= 15 is 0 Å². The van der Waals surface area contributed by atoms with E-state index in [4.69, 9.17) is 10.9 Å². The van der Waals surface area contributed by atoms with Crippen molar-refractivity contribution in [3.05, 3.63) is 35.6 Å². The Morgan fingerprint density at radius 3 is 2.53 bits per heavy atom. The second-order valence-corrected chi connectivity index (χ2v) is 4.51. The van der Waals surface area contributed by atoms with Crippen LogP contribution in [0.4, 0.5) is 9.18 Å². The predicted molar refractivity (Wildman–Crippen MR) is 59.9 cm³/mol. The largest absolute Gasteiger partial charge is 0.350 e. The highest BCUT2D eigenvalue weighted by Gasteiger charge is 2.32. The molecule has 92 valence electrons. The molecule has 0 heterocycles. The van der Waals surface area contributed by atoms with Crippen molar-refractivity contribution in [1.82, 2.24) is 5.06 Å². The zero-order valence-corrected chi connectivity index (χ0v) is 9.34. The molecule has 1 aromatic rings. The highest BCUT2D eigenvalue weighted by Crippen LogP contribution is 2.41. The topological polar surface area (TPSA) is 66.6 Å². The number of primary amides is 1. The minimum absolute atomic E-state index is 0.236. The molecule has 0 unspecified atom stereocenters. The number of hydrogen-bond acceptors (Lipinski definition) is 2. The van der Waals surface area contributed by atoms with Gasteiger partial charge < -0.3 is 5.73 Å². The fraction of sp³-hybridized carbons (Fsp3) is 0.417. The smallest absolute Gasteiger partial charge is 0.338 e. The normalized spacial score (nSPS) is 22.9. The maximum absolute atomic E-state index is 12.7. The van der Waals surface area contributed by atoms with Crippen molar-refractivity contribution < 1.29 is 14.4 Å². The molecular weight excluding hydrogens is 223 g/mol. The Hall–Kier alpha value is -1.62. The predicted octanol–water partition coefficient (Wildman–Crippen LogP) is 2.09. The summed E-state index contributed by atoms with van der Waals surface area (Å²) in [6.45, 7) is 0.271. The van der Waals surface area contributed by atoms with Crippen LogP contribution in [0, 0.1) is 11.7 Å². The quantitative estimate of drug-likeness (QED) is 0.625. The Labute approximate surface area is 98.8 Å². The Kier molecular flexibility index (Phi) is 3.28. The van der Waals surface area contributed by atoms with Crippen molar-refractivity contribution >= 4 is 6.03 Å². The van der Waals surface area contributed by atoms with Gasteiger partial charge >= 0.3 is 6.03 Å². The lowest BCUT2D eigenvalue weighted by atomic mass is 9.71. The minimum Gasteiger partial charge on any atom is -0.350 e. The summed E-state index contributed by atoms with van der Waals surface area (Å²) >= 11 is 0.